The van der Waals surface area contributed by atoms with Gasteiger partial charge in [-0.25, -0.2) is 4.79 Å². The van der Waals surface area contributed by atoms with Crippen LogP contribution >= 0.6 is 11.3 Å². The zero-order chi connectivity index (χ0) is 13.1. The van der Waals surface area contributed by atoms with E-state index in [1.54, 1.807) is 11.3 Å². The summed E-state index contributed by atoms with van der Waals surface area (Å²) in [4.78, 5) is 12.8. The summed E-state index contributed by atoms with van der Waals surface area (Å²) in [6, 6.07) is 12.3. The van der Waals surface area contributed by atoms with Gasteiger partial charge in [0.1, 0.15) is 0 Å². The average molecular weight is 258 g/mol. The Balaban J connectivity index is 2.31. The van der Waals surface area contributed by atoms with Gasteiger partial charge in [-0.1, -0.05) is 29.8 Å². The Morgan fingerprint density at radius 2 is 1.83 bits per heavy atom. The van der Waals surface area contributed by atoms with Crippen LogP contribution in [0, 0.1) is 6.92 Å². The first-order chi connectivity index (χ1) is 8.56. The van der Waals surface area contributed by atoms with Crippen LogP contribution in [-0.2, 0) is 4.79 Å². The summed E-state index contributed by atoms with van der Waals surface area (Å²) in [6.07, 6.45) is 1.24. The van der Waals surface area contributed by atoms with Crippen molar-refractivity contribution >= 4 is 22.9 Å². The first kappa shape index (κ1) is 12.6. The Hall–Kier alpha value is -1.87. The van der Waals surface area contributed by atoms with Crippen molar-refractivity contribution in [2.45, 2.75) is 13.8 Å². The standard InChI is InChI=1S/C15H14O2S/c1-10-3-5-12(6-4-10)14-8-7-13(18-14)11(2)9-15(16)17/h3-9H,1-2H3,(H,16,17)/b11-9+. The number of carbonyl (C=O) groups is 1. The lowest BCUT2D eigenvalue weighted by Crippen LogP contribution is -1.88. The van der Waals surface area contributed by atoms with Crippen LogP contribution in [0.5, 0.6) is 0 Å². The van der Waals surface area contributed by atoms with Crippen molar-refractivity contribution in [1.82, 2.24) is 0 Å². The first-order valence-corrected chi connectivity index (χ1v) is 6.46. The van der Waals surface area contributed by atoms with Crippen LogP contribution in [0.3, 0.4) is 0 Å². The maximum atomic E-state index is 10.6. The number of rotatable bonds is 3. The molecule has 2 rings (SSSR count). The SMILES string of the molecule is C/C(=C\C(=O)O)c1ccc(-c2ccc(C)cc2)s1. The lowest BCUT2D eigenvalue weighted by atomic mass is 10.1. The smallest absolute Gasteiger partial charge is 0.328 e. The van der Waals surface area contributed by atoms with E-state index in [0.29, 0.717) is 0 Å². The monoisotopic (exact) mass is 258 g/mol. The fourth-order valence-corrected chi connectivity index (χ4v) is 2.66. The van der Waals surface area contributed by atoms with E-state index in [4.69, 9.17) is 5.11 Å². The summed E-state index contributed by atoms with van der Waals surface area (Å²) in [6.45, 7) is 3.88. The Kier molecular flexibility index (Phi) is 3.63. The summed E-state index contributed by atoms with van der Waals surface area (Å²) in [5.74, 6) is -0.905. The molecule has 0 spiro atoms. The van der Waals surface area contributed by atoms with Gasteiger partial charge in [-0.2, -0.15) is 0 Å². The zero-order valence-corrected chi connectivity index (χ0v) is 11.1. The molecule has 0 atom stereocenters. The molecule has 2 aromatic rings. The highest BCUT2D eigenvalue weighted by atomic mass is 32.1. The fourth-order valence-electron chi connectivity index (χ4n) is 1.68. The van der Waals surface area contributed by atoms with Crippen LogP contribution in [0.2, 0.25) is 0 Å². The second-order valence-electron chi connectivity index (χ2n) is 4.20. The van der Waals surface area contributed by atoms with Crippen molar-refractivity contribution in [1.29, 1.82) is 0 Å². The zero-order valence-electron chi connectivity index (χ0n) is 10.3. The Labute approximate surface area is 110 Å². The highest BCUT2D eigenvalue weighted by Crippen LogP contribution is 2.31. The minimum atomic E-state index is -0.905. The van der Waals surface area contributed by atoms with E-state index in [-0.39, 0.29) is 0 Å². The van der Waals surface area contributed by atoms with Crippen molar-refractivity contribution < 1.29 is 9.90 Å². The number of hydrogen-bond donors (Lipinski definition) is 1. The molecule has 18 heavy (non-hydrogen) atoms. The minimum absolute atomic E-state index is 0.783. The molecule has 0 amide bonds. The van der Waals surface area contributed by atoms with Gasteiger partial charge >= 0.3 is 5.97 Å². The molecule has 1 N–H and O–H groups in total. The van der Waals surface area contributed by atoms with Crippen molar-refractivity contribution in [3.63, 3.8) is 0 Å². The van der Waals surface area contributed by atoms with Crippen LogP contribution in [0.4, 0.5) is 0 Å². The van der Waals surface area contributed by atoms with Crippen molar-refractivity contribution in [2.24, 2.45) is 0 Å². The topological polar surface area (TPSA) is 37.3 Å². The van der Waals surface area contributed by atoms with E-state index in [1.165, 1.54) is 17.2 Å². The predicted molar refractivity (Wildman–Crippen MR) is 75.8 cm³/mol. The third-order valence-corrected chi connectivity index (χ3v) is 3.94. The van der Waals surface area contributed by atoms with E-state index in [1.807, 2.05) is 19.1 Å². The van der Waals surface area contributed by atoms with Crippen molar-refractivity contribution in [2.75, 3.05) is 0 Å². The number of benzene rings is 1. The normalized spacial score (nSPS) is 11.6. The molecule has 0 saturated carbocycles. The van der Waals surface area contributed by atoms with Gasteiger partial charge in [0.2, 0.25) is 0 Å². The predicted octanol–water partition coefficient (Wildman–Crippen LogP) is 4.21. The molecule has 92 valence electrons. The number of allylic oxidation sites excluding steroid dienone is 1. The fraction of sp³-hybridized carbons (Fsp3) is 0.133. The van der Waals surface area contributed by atoms with E-state index in [9.17, 15) is 4.79 Å². The van der Waals surface area contributed by atoms with E-state index in [2.05, 4.69) is 31.2 Å². The van der Waals surface area contributed by atoms with Gasteiger partial charge < -0.3 is 5.11 Å². The molecule has 2 nitrogen and oxygen atoms in total. The van der Waals surface area contributed by atoms with E-state index < -0.39 is 5.97 Å². The molecule has 3 heteroatoms. The summed E-state index contributed by atoms with van der Waals surface area (Å²) < 4.78 is 0. The first-order valence-electron chi connectivity index (χ1n) is 5.65. The molecular weight excluding hydrogens is 244 g/mol. The third kappa shape index (κ3) is 2.87. The maximum Gasteiger partial charge on any atom is 0.328 e. The number of carboxylic acid groups (broad SMARTS) is 1. The molecular formula is C15H14O2S. The number of carboxylic acids is 1. The summed E-state index contributed by atoms with van der Waals surface area (Å²) >= 11 is 1.61. The highest BCUT2D eigenvalue weighted by molar-refractivity contribution is 7.16. The summed E-state index contributed by atoms with van der Waals surface area (Å²) in [5.41, 5.74) is 3.18. The lowest BCUT2D eigenvalue weighted by Gasteiger charge is -1.98. The lowest BCUT2D eigenvalue weighted by molar-refractivity contribution is -0.131. The average Bonchev–Trinajstić information content (AvgIpc) is 2.78. The second-order valence-corrected chi connectivity index (χ2v) is 5.28. The van der Waals surface area contributed by atoms with Gasteiger partial charge in [-0.05, 0) is 37.1 Å². The quantitative estimate of drug-likeness (QED) is 0.837. The molecule has 0 fully saturated rings. The van der Waals surface area contributed by atoms with Gasteiger partial charge in [0.05, 0.1) is 0 Å². The van der Waals surface area contributed by atoms with E-state index >= 15 is 0 Å². The maximum absolute atomic E-state index is 10.6. The molecule has 0 aliphatic rings. The molecule has 1 aromatic heterocycles. The number of hydrogen-bond acceptors (Lipinski definition) is 2. The van der Waals surface area contributed by atoms with Crippen LogP contribution in [0.15, 0.2) is 42.5 Å². The Morgan fingerprint density at radius 1 is 1.17 bits per heavy atom. The molecule has 1 aromatic carbocycles. The highest BCUT2D eigenvalue weighted by Gasteiger charge is 2.05. The van der Waals surface area contributed by atoms with Crippen molar-refractivity contribution in [3.05, 3.63) is 52.9 Å². The minimum Gasteiger partial charge on any atom is -0.478 e. The van der Waals surface area contributed by atoms with Gasteiger partial charge in [0.15, 0.2) is 0 Å². The van der Waals surface area contributed by atoms with Gasteiger partial charge in [-0.15, -0.1) is 11.3 Å². The van der Waals surface area contributed by atoms with Gasteiger partial charge in [-0.3, -0.25) is 0 Å². The molecule has 1 heterocycles. The number of thiophene rings is 1. The number of aryl methyl sites for hydroxylation is 1. The van der Waals surface area contributed by atoms with Crippen molar-refractivity contribution in [3.8, 4) is 10.4 Å². The van der Waals surface area contributed by atoms with E-state index in [0.717, 1.165) is 15.3 Å². The number of aliphatic carboxylic acids is 1. The van der Waals surface area contributed by atoms with Gasteiger partial charge in [0, 0.05) is 15.8 Å². The molecule has 0 aliphatic carbocycles. The largest absolute Gasteiger partial charge is 0.478 e. The molecule has 0 saturated heterocycles. The molecule has 0 radical (unpaired) electrons. The molecule has 0 unspecified atom stereocenters. The van der Waals surface area contributed by atoms with Crippen LogP contribution < -0.4 is 0 Å². The Bertz CT molecular complexity index is 591. The Morgan fingerprint density at radius 3 is 2.44 bits per heavy atom. The third-order valence-electron chi connectivity index (χ3n) is 2.67. The van der Waals surface area contributed by atoms with Gasteiger partial charge in [0.25, 0.3) is 0 Å². The van der Waals surface area contributed by atoms with Crippen LogP contribution in [-0.4, -0.2) is 11.1 Å². The molecule has 0 bridgehead atoms. The summed E-state index contributed by atoms with van der Waals surface area (Å²) in [5, 5.41) is 8.73. The van der Waals surface area contributed by atoms with Crippen LogP contribution in [0.25, 0.3) is 16.0 Å². The van der Waals surface area contributed by atoms with Crippen LogP contribution in [0.1, 0.15) is 17.4 Å². The summed E-state index contributed by atoms with van der Waals surface area (Å²) in [7, 11) is 0. The second kappa shape index (κ2) is 5.19. The molecule has 0 aliphatic heterocycles.